The van der Waals surface area contributed by atoms with E-state index in [2.05, 4.69) is 55.8 Å². The first-order valence-corrected chi connectivity index (χ1v) is 6.74. The van der Waals surface area contributed by atoms with Crippen LogP contribution in [0.25, 0.3) is 0 Å². The first kappa shape index (κ1) is 12.6. The van der Waals surface area contributed by atoms with E-state index in [9.17, 15) is 0 Å². The molecule has 0 amide bonds. The Balaban J connectivity index is 2.10. The summed E-state index contributed by atoms with van der Waals surface area (Å²) < 4.78 is 0. The lowest BCUT2D eigenvalue weighted by atomic mass is 9.87. The third kappa shape index (κ3) is 2.70. The minimum atomic E-state index is 0.502. The molecule has 1 heterocycles. The molecular weight excluding hydrogens is 208 g/mol. The molecule has 0 saturated carbocycles. The average molecular weight is 232 g/mol. The largest absolute Gasteiger partial charge is 0.316 e. The van der Waals surface area contributed by atoms with Crippen molar-refractivity contribution in [3.05, 3.63) is 35.4 Å². The fourth-order valence-electron chi connectivity index (χ4n) is 2.49. The highest BCUT2D eigenvalue weighted by atomic mass is 15.0. The molecule has 2 heteroatoms. The third-order valence-corrected chi connectivity index (χ3v) is 4.07. The van der Waals surface area contributed by atoms with Crippen molar-refractivity contribution >= 4 is 0 Å². The van der Waals surface area contributed by atoms with E-state index in [-0.39, 0.29) is 0 Å². The van der Waals surface area contributed by atoms with E-state index in [1.807, 2.05) is 0 Å². The van der Waals surface area contributed by atoms with Crippen LogP contribution in [0.2, 0.25) is 0 Å². The van der Waals surface area contributed by atoms with E-state index in [1.165, 1.54) is 17.5 Å². The Morgan fingerprint density at radius 1 is 1.24 bits per heavy atom. The second kappa shape index (κ2) is 5.65. The maximum atomic E-state index is 3.44. The molecule has 2 atom stereocenters. The maximum Gasteiger partial charge on any atom is 0.0370 e. The van der Waals surface area contributed by atoms with E-state index >= 15 is 0 Å². The van der Waals surface area contributed by atoms with Gasteiger partial charge in [0.2, 0.25) is 0 Å². The van der Waals surface area contributed by atoms with Gasteiger partial charge in [0, 0.05) is 25.0 Å². The smallest absolute Gasteiger partial charge is 0.0370 e. The summed E-state index contributed by atoms with van der Waals surface area (Å²) in [6, 6.07) is 9.67. The second-order valence-electron chi connectivity index (χ2n) is 5.16. The van der Waals surface area contributed by atoms with Gasteiger partial charge in [-0.3, -0.25) is 0 Å². The van der Waals surface area contributed by atoms with Crippen molar-refractivity contribution in [3.8, 4) is 0 Å². The van der Waals surface area contributed by atoms with Crippen molar-refractivity contribution < 1.29 is 0 Å². The molecule has 0 spiro atoms. The predicted octanol–water partition coefficient (Wildman–Crippen LogP) is 2.68. The molecule has 2 nitrogen and oxygen atoms in total. The Morgan fingerprint density at radius 3 is 2.24 bits per heavy atom. The third-order valence-electron chi connectivity index (χ3n) is 4.07. The second-order valence-corrected chi connectivity index (χ2v) is 5.16. The highest BCUT2D eigenvalue weighted by Gasteiger charge is 2.26. The van der Waals surface area contributed by atoms with Crippen LogP contribution in [0.15, 0.2) is 24.3 Å². The summed E-state index contributed by atoms with van der Waals surface area (Å²) in [5.74, 6) is 1.41. The summed E-state index contributed by atoms with van der Waals surface area (Å²) >= 11 is 0. The van der Waals surface area contributed by atoms with Crippen molar-refractivity contribution in [1.29, 1.82) is 0 Å². The van der Waals surface area contributed by atoms with E-state index < -0.39 is 0 Å². The van der Waals surface area contributed by atoms with Gasteiger partial charge < -0.3 is 10.6 Å². The monoisotopic (exact) mass is 232 g/mol. The van der Waals surface area contributed by atoms with Crippen LogP contribution in [0.3, 0.4) is 0 Å². The highest BCUT2D eigenvalue weighted by molar-refractivity contribution is 5.28. The van der Waals surface area contributed by atoms with Gasteiger partial charge in [0.1, 0.15) is 0 Å². The van der Waals surface area contributed by atoms with Crippen LogP contribution in [0, 0.1) is 5.92 Å². The number of hydrogen-bond acceptors (Lipinski definition) is 2. The maximum absolute atomic E-state index is 3.44. The van der Waals surface area contributed by atoms with Gasteiger partial charge in [0.15, 0.2) is 0 Å². The fraction of sp³-hybridized carbons (Fsp3) is 0.600. The molecular formula is C15H24N2. The number of rotatable bonds is 5. The van der Waals surface area contributed by atoms with Gasteiger partial charge in [0.05, 0.1) is 0 Å². The molecule has 2 rings (SSSR count). The van der Waals surface area contributed by atoms with Gasteiger partial charge in [-0.2, -0.15) is 0 Å². The molecule has 1 fully saturated rings. The van der Waals surface area contributed by atoms with Crippen LogP contribution in [0.4, 0.5) is 0 Å². The SMILES string of the molecule is CCC(C)c1ccc(C(NC)C2CNC2)cc1. The molecule has 1 aromatic carbocycles. The molecule has 1 aromatic rings. The summed E-state index contributed by atoms with van der Waals surface area (Å²) in [5, 5.41) is 6.79. The average Bonchev–Trinajstić information content (AvgIpc) is 2.32. The lowest BCUT2D eigenvalue weighted by molar-refractivity contribution is 0.268. The quantitative estimate of drug-likeness (QED) is 0.815. The Morgan fingerprint density at radius 2 is 1.82 bits per heavy atom. The topological polar surface area (TPSA) is 24.1 Å². The Kier molecular flexibility index (Phi) is 4.19. The van der Waals surface area contributed by atoms with E-state index in [0.717, 1.165) is 19.0 Å². The van der Waals surface area contributed by atoms with E-state index in [0.29, 0.717) is 12.0 Å². The molecule has 17 heavy (non-hydrogen) atoms. The number of nitrogens with one attached hydrogen (secondary N) is 2. The summed E-state index contributed by atoms with van der Waals surface area (Å²) in [6.07, 6.45) is 1.21. The lowest BCUT2D eigenvalue weighted by Crippen LogP contribution is -2.48. The van der Waals surface area contributed by atoms with Crippen LogP contribution < -0.4 is 10.6 Å². The van der Waals surface area contributed by atoms with Crippen LogP contribution in [-0.2, 0) is 0 Å². The van der Waals surface area contributed by atoms with Crippen LogP contribution >= 0.6 is 0 Å². The van der Waals surface area contributed by atoms with Gasteiger partial charge in [-0.1, -0.05) is 38.1 Å². The van der Waals surface area contributed by atoms with Gasteiger partial charge in [-0.15, -0.1) is 0 Å². The Labute approximate surface area is 105 Å². The summed E-state index contributed by atoms with van der Waals surface area (Å²) in [4.78, 5) is 0. The van der Waals surface area contributed by atoms with Gasteiger partial charge in [-0.05, 0) is 30.5 Å². The summed E-state index contributed by atoms with van der Waals surface area (Å²) in [7, 11) is 2.06. The molecule has 2 unspecified atom stereocenters. The van der Waals surface area contributed by atoms with E-state index in [1.54, 1.807) is 0 Å². The molecule has 0 aromatic heterocycles. The molecule has 2 N–H and O–H groups in total. The molecule has 1 saturated heterocycles. The Hall–Kier alpha value is -0.860. The number of hydrogen-bond donors (Lipinski definition) is 2. The molecule has 0 radical (unpaired) electrons. The van der Waals surface area contributed by atoms with Crippen LogP contribution in [0.5, 0.6) is 0 Å². The molecule has 0 aliphatic carbocycles. The normalized spacial score (nSPS) is 19.7. The highest BCUT2D eigenvalue weighted by Crippen LogP contribution is 2.26. The number of benzene rings is 1. The van der Waals surface area contributed by atoms with Crippen molar-refractivity contribution in [2.24, 2.45) is 5.92 Å². The standard InChI is InChI=1S/C15H24N2/c1-4-11(2)12-5-7-13(8-6-12)15(16-3)14-9-17-10-14/h5-8,11,14-17H,4,9-10H2,1-3H3. The Bertz CT molecular complexity index is 340. The fourth-order valence-corrected chi connectivity index (χ4v) is 2.49. The summed E-state index contributed by atoms with van der Waals surface area (Å²) in [6.45, 7) is 6.81. The first-order chi connectivity index (χ1) is 8.26. The van der Waals surface area contributed by atoms with Crippen molar-refractivity contribution in [3.63, 3.8) is 0 Å². The predicted molar refractivity (Wildman–Crippen MR) is 73.3 cm³/mol. The zero-order valence-electron chi connectivity index (χ0n) is 11.2. The lowest BCUT2D eigenvalue weighted by Gasteiger charge is -2.35. The van der Waals surface area contributed by atoms with Crippen LogP contribution in [-0.4, -0.2) is 20.1 Å². The van der Waals surface area contributed by atoms with Crippen LogP contribution in [0.1, 0.15) is 43.4 Å². The van der Waals surface area contributed by atoms with Gasteiger partial charge in [0.25, 0.3) is 0 Å². The van der Waals surface area contributed by atoms with Crippen molar-refractivity contribution in [2.45, 2.75) is 32.2 Å². The zero-order chi connectivity index (χ0) is 12.3. The van der Waals surface area contributed by atoms with E-state index in [4.69, 9.17) is 0 Å². The molecule has 0 bridgehead atoms. The minimum absolute atomic E-state index is 0.502. The molecule has 94 valence electrons. The molecule has 1 aliphatic rings. The summed E-state index contributed by atoms with van der Waals surface area (Å²) in [5.41, 5.74) is 2.88. The first-order valence-electron chi connectivity index (χ1n) is 6.74. The zero-order valence-corrected chi connectivity index (χ0v) is 11.2. The van der Waals surface area contributed by atoms with Gasteiger partial charge in [-0.25, -0.2) is 0 Å². The van der Waals surface area contributed by atoms with Gasteiger partial charge >= 0.3 is 0 Å². The van der Waals surface area contributed by atoms with Crippen molar-refractivity contribution in [2.75, 3.05) is 20.1 Å². The molecule has 1 aliphatic heterocycles. The van der Waals surface area contributed by atoms with Crippen molar-refractivity contribution in [1.82, 2.24) is 10.6 Å². The minimum Gasteiger partial charge on any atom is -0.316 e.